The van der Waals surface area contributed by atoms with Gasteiger partial charge in [-0.2, -0.15) is 0 Å². The van der Waals surface area contributed by atoms with Crippen molar-refractivity contribution in [2.45, 2.75) is 12.1 Å². The molecule has 5 heteroatoms. The maximum absolute atomic E-state index is 9.78. The number of phenolic OH excluding ortho intramolecular Hbond substituents is 2. The Morgan fingerprint density at radius 2 is 1.93 bits per heavy atom. The van der Waals surface area contributed by atoms with Crippen molar-refractivity contribution in [3.05, 3.63) is 23.8 Å². The van der Waals surface area contributed by atoms with Gasteiger partial charge in [-0.1, -0.05) is 6.07 Å². The standard InChI is InChI=1S/C10H15NO4/c1-11-7(5-12)10(15)6-2-3-8(13)9(14)4-6/h2-4,7,10-15H,5H2,1H3/t7?,10-/m1/s1. The summed E-state index contributed by atoms with van der Waals surface area (Å²) in [6, 6.07) is 3.53. The minimum atomic E-state index is -0.938. The molecule has 1 aromatic rings. The van der Waals surface area contributed by atoms with Crippen LogP contribution in [0.2, 0.25) is 0 Å². The predicted octanol–water partition coefficient (Wildman–Crippen LogP) is -0.289. The van der Waals surface area contributed by atoms with Gasteiger partial charge in [0, 0.05) is 0 Å². The summed E-state index contributed by atoms with van der Waals surface area (Å²) >= 11 is 0. The highest BCUT2D eigenvalue weighted by Crippen LogP contribution is 2.28. The molecule has 0 saturated carbocycles. The van der Waals surface area contributed by atoms with Crippen LogP contribution in [0.4, 0.5) is 0 Å². The lowest BCUT2D eigenvalue weighted by atomic mass is 10.0. The molecule has 2 atom stereocenters. The predicted molar refractivity (Wildman–Crippen MR) is 54.7 cm³/mol. The van der Waals surface area contributed by atoms with Gasteiger partial charge in [-0.3, -0.25) is 0 Å². The Morgan fingerprint density at radius 3 is 2.40 bits per heavy atom. The molecular formula is C10H15NO4. The van der Waals surface area contributed by atoms with Gasteiger partial charge in [-0.15, -0.1) is 0 Å². The van der Waals surface area contributed by atoms with Crippen LogP contribution in [-0.2, 0) is 0 Å². The van der Waals surface area contributed by atoms with Crippen LogP contribution in [0.15, 0.2) is 18.2 Å². The number of benzene rings is 1. The van der Waals surface area contributed by atoms with E-state index in [2.05, 4.69) is 5.32 Å². The second-order valence-corrected chi connectivity index (χ2v) is 3.27. The van der Waals surface area contributed by atoms with Crippen LogP contribution in [0.3, 0.4) is 0 Å². The van der Waals surface area contributed by atoms with Gasteiger partial charge >= 0.3 is 0 Å². The second kappa shape index (κ2) is 4.97. The molecule has 0 spiro atoms. The maximum Gasteiger partial charge on any atom is 0.157 e. The van der Waals surface area contributed by atoms with Crippen LogP contribution in [0.25, 0.3) is 0 Å². The average molecular weight is 213 g/mol. The summed E-state index contributed by atoms with van der Waals surface area (Å²) in [5.41, 5.74) is 0.429. The number of aliphatic hydroxyl groups is 2. The van der Waals surface area contributed by atoms with Crippen molar-refractivity contribution in [3.8, 4) is 11.5 Å². The zero-order valence-electron chi connectivity index (χ0n) is 8.38. The Hall–Kier alpha value is -1.30. The number of hydrogen-bond acceptors (Lipinski definition) is 5. The fraction of sp³-hybridized carbons (Fsp3) is 0.400. The highest BCUT2D eigenvalue weighted by molar-refractivity contribution is 5.41. The minimum absolute atomic E-state index is 0.223. The first-order valence-corrected chi connectivity index (χ1v) is 4.58. The zero-order chi connectivity index (χ0) is 11.4. The van der Waals surface area contributed by atoms with E-state index in [0.717, 1.165) is 0 Å². The van der Waals surface area contributed by atoms with E-state index >= 15 is 0 Å². The van der Waals surface area contributed by atoms with E-state index in [1.54, 1.807) is 7.05 Å². The Kier molecular flexibility index (Phi) is 3.90. The summed E-state index contributed by atoms with van der Waals surface area (Å²) < 4.78 is 0. The number of likely N-dealkylation sites (N-methyl/N-ethyl adjacent to an activating group) is 1. The summed E-state index contributed by atoms with van der Waals surface area (Å²) in [6.07, 6.45) is -0.938. The molecule has 1 unspecified atom stereocenters. The molecule has 0 amide bonds. The largest absolute Gasteiger partial charge is 0.504 e. The Bertz CT molecular complexity index is 325. The van der Waals surface area contributed by atoms with Gasteiger partial charge in [-0.05, 0) is 24.7 Å². The summed E-state index contributed by atoms with van der Waals surface area (Å²) in [6.45, 7) is -0.223. The van der Waals surface area contributed by atoms with Crippen LogP contribution in [0.1, 0.15) is 11.7 Å². The summed E-state index contributed by atoms with van der Waals surface area (Å²) in [5.74, 6) is -0.532. The third kappa shape index (κ3) is 2.59. The Balaban J connectivity index is 2.90. The van der Waals surface area contributed by atoms with Crippen LogP contribution < -0.4 is 5.32 Å². The quantitative estimate of drug-likeness (QED) is 0.443. The summed E-state index contributed by atoms with van der Waals surface area (Å²) in [7, 11) is 1.62. The van der Waals surface area contributed by atoms with Gasteiger partial charge in [-0.25, -0.2) is 0 Å². The second-order valence-electron chi connectivity index (χ2n) is 3.27. The van der Waals surface area contributed by atoms with E-state index in [1.807, 2.05) is 0 Å². The molecule has 5 nitrogen and oxygen atoms in total. The Labute approximate surface area is 87.6 Å². The van der Waals surface area contributed by atoms with Crippen molar-refractivity contribution in [2.75, 3.05) is 13.7 Å². The maximum atomic E-state index is 9.78. The van der Waals surface area contributed by atoms with Crippen LogP contribution in [0.5, 0.6) is 11.5 Å². The Morgan fingerprint density at radius 1 is 1.27 bits per heavy atom. The van der Waals surface area contributed by atoms with E-state index in [9.17, 15) is 10.2 Å². The minimum Gasteiger partial charge on any atom is -0.504 e. The van der Waals surface area contributed by atoms with Crippen molar-refractivity contribution >= 4 is 0 Å². The fourth-order valence-electron chi connectivity index (χ4n) is 1.31. The van der Waals surface area contributed by atoms with Crippen molar-refractivity contribution in [1.29, 1.82) is 0 Å². The fourth-order valence-corrected chi connectivity index (χ4v) is 1.31. The molecule has 15 heavy (non-hydrogen) atoms. The lowest BCUT2D eigenvalue weighted by Gasteiger charge is -2.20. The third-order valence-electron chi connectivity index (χ3n) is 2.29. The molecule has 0 aromatic heterocycles. The molecule has 0 radical (unpaired) electrons. The van der Waals surface area contributed by atoms with Crippen molar-refractivity contribution < 1.29 is 20.4 Å². The number of rotatable bonds is 4. The molecule has 0 bridgehead atoms. The molecule has 0 saturated heterocycles. The van der Waals surface area contributed by atoms with Crippen molar-refractivity contribution in [3.63, 3.8) is 0 Å². The molecule has 0 fully saturated rings. The van der Waals surface area contributed by atoms with Gasteiger partial charge in [0.25, 0.3) is 0 Å². The van der Waals surface area contributed by atoms with Crippen LogP contribution in [-0.4, -0.2) is 40.1 Å². The molecule has 84 valence electrons. The van der Waals surface area contributed by atoms with E-state index in [1.165, 1.54) is 18.2 Å². The normalized spacial score (nSPS) is 14.9. The smallest absolute Gasteiger partial charge is 0.157 e. The molecule has 5 N–H and O–H groups in total. The highest BCUT2D eigenvalue weighted by atomic mass is 16.3. The first-order chi connectivity index (χ1) is 7.10. The lowest BCUT2D eigenvalue weighted by Crippen LogP contribution is -2.35. The topological polar surface area (TPSA) is 93.0 Å². The summed E-state index contributed by atoms with van der Waals surface area (Å²) in [4.78, 5) is 0. The first-order valence-electron chi connectivity index (χ1n) is 4.58. The van der Waals surface area contributed by atoms with E-state index in [-0.39, 0.29) is 18.1 Å². The third-order valence-corrected chi connectivity index (χ3v) is 2.29. The van der Waals surface area contributed by atoms with E-state index in [4.69, 9.17) is 10.2 Å². The molecule has 1 aromatic carbocycles. The van der Waals surface area contributed by atoms with Crippen molar-refractivity contribution in [2.24, 2.45) is 0 Å². The first kappa shape index (κ1) is 11.8. The number of hydrogen-bond donors (Lipinski definition) is 5. The van der Waals surface area contributed by atoms with Crippen LogP contribution >= 0.6 is 0 Å². The van der Waals surface area contributed by atoms with Gasteiger partial charge in [0.15, 0.2) is 11.5 Å². The summed E-state index contributed by atoms with van der Waals surface area (Å²) in [5, 5.41) is 39.8. The number of aliphatic hydroxyl groups excluding tert-OH is 2. The number of nitrogens with one attached hydrogen (secondary N) is 1. The number of phenols is 2. The molecule has 0 heterocycles. The average Bonchev–Trinajstić information content (AvgIpc) is 2.23. The van der Waals surface area contributed by atoms with Gasteiger partial charge < -0.3 is 25.7 Å². The lowest BCUT2D eigenvalue weighted by molar-refractivity contribution is 0.0940. The van der Waals surface area contributed by atoms with E-state index < -0.39 is 12.1 Å². The molecule has 0 aliphatic rings. The van der Waals surface area contributed by atoms with Gasteiger partial charge in [0.2, 0.25) is 0 Å². The van der Waals surface area contributed by atoms with Gasteiger partial charge in [0.1, 0.15) is 0 Å². The monoisotopic (exact) mass is 213 g/mol. The van der Waals surface area contributed by atoms with Crippen LogP contribution in [0, 0.1) is 0 Å². The zero-order valence-corrected chi connectivity index (χ0v) is 8.38. The molecule has 0 aliphatic heterocycles. The molecule has 0 aliphatic carbocycles. The highest BCUT2D eigenvalue weighted by Gasteiger charge is 2.19. The molecule has 1 rings (SSSR count). The SMILES string of the molecule is CNC(CO)[C@H](O)c1ccc(O)c(O)c1. The van der Waals surface area contributed by atoms with Gasteiger partial charge in [0.05, 0.1) is 18.8 Å². The number of aromatic hydroxyl groups is 2. The van der Waals surface area contributed by atoms with Crippen molar-refractivity contribution in [1.82, 2.24) is 5.32 Å². The molecular weight excluding hydrogens is 198 g/mol. The van der Waals surface area contributed by atoms with E-state index in [0.29, 0.717) is 5.56 Å².